The molecule has 3 heterocycles. The number of nitrogens with zero attached hydrogens (tertiary/aromatic N) is 3. The molecule has 6 rings (SSSR count). The van der Waals surface area contributed by atoms with Crippen LogP contribution in [0.3, 0.4) is 0 Å². The fourth-order valence-electron chi connectivity index (χ4n) is 6.26. The first-order valence-corrected chi connectivity index (χ1v) is 13.8. The molecule has 40 heavy (non-hydrogen) atoms. The fraction of sp³-hybridized carbons (Fsp3) is 0.448. The molecular weight excluding hydrogens is 519 g/mol. The predicted molar refractivity (Wildman–Crippen MR) is 144 cm³/mol. The lowest BCUT2D eigenvalue weighted by molar-refractivity contribution is -0.385. The Morgan fingerprint density at radius 3 is 2.70 bits per heavy atom. The minimum Gasteiger partial charge on any atom is -0.454 e. The number of aromatic nitrogens is 1. The molecular formula is C29H31FN4O6. The number of halogens is 1. The summed E-state index contributed by atoms with van der Waals surface area (Å²) in [6.07, 6.45) is 8.08. The van der Waals surface area contributed by atoms with E-state index >= 15 is 0 Å². The van der Waals surface area contributed by atoms with E-state index in [1.807, 2.05) is 0 Å². The molecule has 3 aromatic rings. The second kappa shape index (κ2) is 11.2. The van der Waals surface area contributed by atoms with Crippen LogP contribution in [0.5, 0.6) is 11.5 Å². The van der Waals surface area contributed by atoms with E-state index in [1.54, 1.807) is 6.07 Å². The van der Waals surface area contributed by atoms with Crippen LogP contribution in [0.1, 0.15) is 49.3 Å². The van der Waals surface area contributed by atoms with Crippen LogP contribution >= 0.6 is 0 Å². The number of nitro benzene ring substituents is 1. The Balaban J connectivity index is 0.999. The zero-order chi connectivity index (χ0) is 27.6. The van der Waals surface area contributed by atoms with Crippen molar-refractivity contribution < 1.29 is 28.1 Å². The van der Waals surface area contributed by atoms with Gasteiger partial charge in [-0.1, -0.05) is 11.6 Å². The summed E-state index contributed by atoms with van der Waals surface area (Å²) in [7, 11) is 0. The van der Waals surface area contributed by atoms with E-state index in [-0.39, 0.29) is 29.8 Å². The number of likely N-dealkylation sites (tertiary alicyclic amines) is 1. The Morgan fingerprint density at radius 1 is 1.12 bits per heavy atom. The van der Waals surface area contributed by atoms with E-state index in [2.05, 4.69) is 15.4 Å². The fourth-order valence-corrected chi connectivity index (χ4v) is 6.26. The zero-order valence-corrected chi connectivity index (χ0v) is 22.0. The molecule has 1 aliphatic carbocycles. The Labute approximate surface area is 230 Å². The number of carbonyl (C=O) groups is 1. The number of hydrogen-bond donors (Lipinski definition) is 1. The van der Waals surface area contributed by atoms with Crippen LogP contribution in [-0.4, -0.2) is 53.9 Å². The maximum Gasteiger partial charge on any atom is 0.280 e. The Hall–Kier alpha value is -3.99. The van der Waals surface area contributed by atoms with Crippen molar-refractivity contribution in [2.45, 2.75) is 38.0 Å². The molecule has 1 N–H and O–H groups in total. The normalized spacial score (nSPS) is 21.4. The molecule has 0 unspecified atom stereocenters. The van der Waals surface area contributed by atoms with E-state index < -0.39 is 4.92 Å². The quantitative estimate of drug-likeness (QED) is 0.236. The molecule has 1 saturated carbocycles. The molecule has 1 aromatic heterocycles. The Kier molecular flexibility index (Phi) is 7.38. The Bertz CT molecular complexity index is 1450. The van der Waals surface area contributed by atoms with Gasteiger partial charge < -0.3 is 24.2 Å². The van der Waals surface area contributed by atoms with Gasteiger partial charge in [0.05, 0.1) is 22.2 Å². The summed E-state index contributed by atoms with van der Waals surface area (Å²) < 4.78 is 29.4. The Morgan fingerprint density at radius 2 is 1.90 bits per heavy atom. The van der Waals surface area contributed by atoms with E-state index in [0.29, 0.717) is 41.4 Å². The van der Waals surface area contributed by atoms with Gasteiger partial charge in [-0.15, -0.1) is 0 Å². The number of rotatable bonds is 8. The standard InChI is InChI=1S/C29H31FN4O6/c30-22-5-6-23-25(13-22)40-32-29(23)18-8-10-33(11-9-18)16-21-3-1-2-20(21)15-31-28(35)7-4-19-12-26-27(39-17-38-26)14-24(19)34(36)37/h4-7,12-14,18,20-21H,1-3,8-11,15-17H2,(H,31,35)/t20-,21-/m1/s1. The highest BCUT2D eigenvalue weighted by molar-refractivity contribution is 5.92. The number of nitro groups is 1. The molecule has 11 heteroatoms. The zero-order valence-electron chi connectivity index (χ0n) is 22.0. The van der Waals surface area contributed by atoms with Crippen LogP contribution in [0.15, 0.2) is 40.9 Å². The molecule has 2 aromatic carbocycles. The highest BCUT2D eigenvalue weighted by Gasteiger charge is 2.32. The summed E-state index contributed by atoms with van der Waals surface area (Å²) in [5, 5.41) is 19.6. The van der Waals surface area contributed by atoms with Crippen LogP contribution in [0.25, 0.3) is 17.0 Å². The van der Waals surface area contributed by atoms with Gasteiger partial charge in [0.15, 0.2) is 17.1 Å². The summed E-state index contributed by atoms with van der Waals surface area (Å²) in [6, 6.07) is 7.43. The van der Waals surface area contributed by atoms with E-state index in [0.717, 1.165) is 62.8 Å². The van der Waals surface area contributed by atoms with Crippen LogP contribution in [-0.2, 0) is 4.79 Å². The maximum atomic E-state index is 13.5. The summed E-state index contributed by atoms with van der Waals surface area (Å²) >= 11 is 0. The highest BCUT2D eigenvalue weighted by Crippen LogP contribution is 2.39. The van der Waals surface area contributed by atoms with Gasteiger partial charge in [0, 0.05) is 36.5 Å². The van der Waals surface area contributed by atoms with Crippen LogP contribution in [0.2, 0.25) is 0 Å². The largest absolute Gasteiger partial charge is 0.454 e. The SMILES string of the molecule is O=C(C=Cc1cc2c(cc1[N+](=O)[O-])OCO2)NC[C@H]1CCC[C@@H]1CN1CCC(c2noc3cc(F)ccc23)CC1. The van der Waals surface area contributed by atoms with Crippen molar-refractivity contribution in [1.29, 1.82) is 0 Å². The average Bonchev–Trinajstić information content (AvgIpc) is 3.70. The first-order valence-electron chi connectivity index (χ1n) is 13.8. The average molecular weight is 551 g/mol. The van der Waals surface area contributed by atoms with Gasteiger partial charge >= 0.3 is 0 Å². The molecule has 0 radical (unpaired) electrons. The summed E-state index contributed by atoms with van der Waals surface area (Å²) in [4.78, 5) is 26.0. The molecule has 0 spiro atoms. The van der Waals surface area contributed by atoms with Gasteiger partial charge in [0.25, 0.3) is 5.69 Å². The first kappa shape index (κ1) is 26.2. The third-order valence-corrected chi connectivity index (χ3v) is 8.42. The molecule has 10 nitrogen and oxygen atoms in total. The summed E-state index contributed by atoms with van der Waals surface area (Å²) in [5.41, 5.74) is 1.57. The molecule has 210 valence electrons. The molecule has 0 bridgehead atoms. The van der Waals surface area contributed by atoms with Crippen molar-refractivity contribution in [3.05, 3.63) is 63.6 Å². The van der Waals surface area contributed by atoms with Gasteiger partial charge in [-0.3, -0.25) is 14.9 Å². The summed E-state index contributed by atoms with van der Waals surface area (Å²) in [5.74, 6) is 1.35. The van der Waals surface area contributed by atoms with Crippen molar-refractivity contribution in [1.82, 2.24) is 15.4 Å². The van der Waals surface area contributed by atoms with E-state index in [1.165, 1.54) is 36.4 Å². The number of piperidine rings is 1. The van der Waals surface area contributed by atoms with Crippen molar-refractivity contribution in [2.24, 2.45) is 11.8 Å². The maximum absolute atomic E-state index is 13.5. The lowest BCUT2D eigenvalue weighted by atomic mass is 9.89. The molecule has 2 fully saturated rings. The van der Waals surface area contributed by atoms with Crippen molar-refractivity contribution in [3.8, 4) is 11.5 Å². The minimum absolute atomic E-state index is 0.0157. The van der Waals surface area contributed by atoms with Crippen molar-refractivity contribution >= 4 is 28.6 Å². The number of fused-ring (bicyclic) bond motifs is 2. The molecule has 2 aliphatic heterocycles. The third-order valence-electron chi connectivity index (χ3n) is 8.42. The molecule has 2 atom stereocenters. The molecule has 1 amide bonds. The van der Waals surface area contributed by atoms with E-state index in [9.17, 15) is 19.3 Å². The third kappa shape index (κ3) is 5.51. The predicted octanol–water partition coefficient (Wildman–Crippen LogP) is 5.03. The second-order valence-electron chi connectivity index (χ2n) is 10.8. The minimum atomic E-state index is -0.500. The van der Waals surface area contributed by atoms with Crippen LogP contribution in [0, 0.1) is 27.8 Å². The number of amides is 1. The number of nitrogens with one attached hydrogen (secondary N) is 1. The van der Waals surface area contributed by atoms with Crippen molar-refractivity contribution in [3.63, 3.8) is 0 Å². The van der Waals surface area contributed by atoms with E-state index in [4.69, 9.17) is 14.0 Å². The smallest absolute Gasteiger partial charge is 0.280 e. The first-order chi connectivity index (χ1) is 19.4. The van der Waals surface area contributed by atoms with Gasteiger partial charge in [-0.05, 0) is 74.9 Å². The molecule has 1 saturated heterocycles. The summed E-state index contributed by atoms with van der Waals surface area (Å²) in [6.45, 7) is 3.52. The molecule has 3 aliphatic rings. The van der Waals surface area contributed by atoms with Gasteiger partial charge in [0.1, 0.15) is 5.82 Å². The second-order valence-corrected chi connectivity index (χ2v) is 10.8. The topological polar surface area (TPSA) is 120 Å². The lowest BCUT2D eigenvalue weighted by Crippen LogP contribution is -2.39. The van der Waals surface area contributed by atoms with Gasteiger partial charge in [-0.2, -0.15) is 0 Å². The van der Waals surface area contributed by atoms with Gasteiger partial charge in [-0.25, -0.2) is 4.39 Å². The number of ether oxygens (including phenoxy) is 2. The number of hydrogen-bond acceptors (Lipinski definition) is 8. The number of carbonyl (C=O) groups excluding carboxylic acids is 1. The van der Waals surface area contributed by atoms with Crippen LogP contribution in [0.4, 0.5) is 10.1 Å². The van der Waals surface area contributed by atoms with Crippen LogP contribution < -0.4 is 14.8 Å². The highest BCUT2D eigenvalue weighted by atomic mass is 19.1. The number of benzene rings is 2. The lowest BCUT2D eigenvalue weighted by Gasteiger charge is -2.34. The van der Waals surface area contributed by atoms with Crippen molar-refractivity contribution in [2.75, 3.05) is 33.0 Å². The monoisotopic (exact) mass is 550 g/mol. The van der Waals surface area contributed by atoms with Gasteiger partial charge in [0.2, 0.25) is 12.7 Å².